The molecule has 0 fully saturated rings. The minimum atomic E-state index is -0.434. The molecule has 3 heteroatoms. The van der Waals surface area contributed by atoms with Gasteiger partial charge in [-0.15, -0.1) is 0 Å². The highest BCUT2D eigenvalue weighted by atomic mass is 19.1. The maximum absolute atomic E-state index is 14.2. The number of rotatable bonds is 2. The number of nitrogens with zero attached hydrogens (tertiary/aromatic N) is 1. The zero-order valence-corrected chi connectivity index (χ0v) is 11.7. The summed E-state index contributed by atoms with van der Waals surface area (Å²) in [5.41, 5.74) is 1.60. The lowest BCUT2D eigenvalue weighted by Gasteiger charge is -2.29. The van der Waals surface area contributed by atoms with Crippen LogP contribution < -0.4 is 0 Å². The summed E-state index contributed by atoms with van der Waals surface area (Å²) in [6, 6.07) is 3.51. The summed E-state index contributed by atoms with van der Waals surface area (Å²) in [6.45, 7) is 8.07. The third-order valence-corrected chi connectivity index (χ3v) is 4.31. The maximum Gasteiger partial charge on any atom is 0.257 e. The molecule has 0 aromatic heterocycles. The van der Waals surface area contributed by atoms with Crippen molar-refractivity contribution in [1.29, 1.82) is 0 Å². The first kappa shape index (κ1) is 13.1. The zero-order valence-electron chi connectivity index (χ0n) is 11.7. The topological polar surface area (TPSA) is 20.3 Å². The van der Waals surface area contributed by atoms with Crippen LogP contribution in [0.2, 0.25) is 0 Å². The fourth-order valence-electron chi connectivity index (χ4n) is 2.45. The summed E-state index contributed by atoms with van der Waals surface area (Å²) in [4.78, 5) is 13.7. The first-order chi connectivity index (χ1) is 8.30. The molecule has 2 rings (SSSR count). The molecule has 0 spiro atoms. The molecular formula is C15H20FNO. The normalized spacial score (nSPS) is 19.0. The Labute approximate surface area is 108 Å². The third kappa shape index (κ3) is 1.64. The van der Waals surface area contributed by atoms with Crippen LogP contribution in [0.1, 0.15) is 61.5 Å². The number of amides is 1. The van der Waals surface area contributed by atoms with Crippen molar-refractivity contribution in [3.63, 3.8) is 0 Å². The fourth-order valence-corrected chi connectivity index (χ4v) is 2.45. The van der Waals surface area contributed by atoms with Crippen molar-refractivity contribution in [3.8, 4) is 0 Å². The number of carbonyl (C=O) groups excluding carboxylic acids is 1. The molecule has 1 aliphatic heterocycles. The van der Waals surface area contributed by atoms with Crippen LogP contribution in [0.25, 0.3) is 0 Å². The lowest BCUT2D eigenvalue weighted by atomic mass is 9.88. The fraction of sp³-hybridized carbons (Fsp3) is 0.533. The van der Waals surface area contributed by atoms with Crippen LogP contribution in [-0.2, 0) is 5.54 Å². The summed E-state index contributed by atoms with van der Waals surface area (Å²) in [5, 5.41) is 0. The average Bonchev–Trinajstić information content (AvgIpc) is 2.50. The van der Waals surface area contributed by atoms with Crippen molar-refractivity contribution in [3.05, 3.63) is 34.6 Å². The minimum Gasteiger partial charge on any atom is -0.332 e. The van der Waals surface area contributed by atoms with E-state index in [1.807, 2.05) is 19.9 Å². The van der Waals surface area contributed by atoms with Gasteiger partial charge in [0.25, 0.3) is 5.91 Å². The molecule has 18 heavy (non-hydrogen) atoms. The van der Waals surface area contributed by atoms with Gasteiger partial charge in [-0.05, 0) is 43.4 Å². The van der Waals surface area contributed by atoms with Crippen molar-refractivity contribution in [2.24, 2.45) is 0 Å². The van der Waals surface area contributed by atoms with Gasteiger partial charge in [0.1, 0.15) is 5.82 Å². The summed E-state index contributed by atoms with van der Waals surface area (Å²) < 4.78 is 14.2. The van der Waals surface area contributed by atoms with Gasteiger partial charge in [0, 0.05) is 7.05 Å². The van der Waals surface area contributed by atoms with Crippen LogP contribution in [0.5, 0.6) is 0 Å². The molecule has 0 radical (unpaired) electrons. The van der Waals surface area contributed by atoms with E-state index in [1.54, 1.807) is 11.9 Å². The van der Waals surface area contributed by atoms with E-state index >= 15 is 0 Å². The Kier molecular flexibility index (Phi) is 2.96. The van der Waals surface area contributed by atoms with Crippen LogP contribution in [0.15, 0.2) is 12.1 Å². The SMILES string of the molecule is CCC(C)c1cc(F)c2c(c1)C(C)(C)N(C)C2=O. The highest BCUT2D eigenvalue weighted by Gasteiger charge is 2.42. The molecule has 1 amide bonds. The van der Waals surface area contributed by atoms with Crippen molar-refractivity contribution in [2.75, 3.05) is 7.05 Å². The quantitative estimate of drug-likeness (QED) is 0.783. The molecule has 0 aliphatic carbocycles. The predicted octanol–water partition coefficient (Wildman–Crippen LogP) is 3.66. The standard InChI is InChI=1S/C15H20FNO/c1-6-9(2)10-7-11-13(12(16)8-10)14(18)17(5)15(11,3)4/h7-9H,6H2,1-5H3. The number of carbonyl (C=O) groups is 1. The van der Waals surface area contributed by atoms with Gasteiger partial charge in [-0.1, -0.05) is 19.9 Å². The van der Waals surface area contributed by atoms with Crippen LogP contribution in [0.4, 0.5) is 4.39 Å². The van der Waals surface area contributed by atoms with E-state index in [0.717, 1.165) is 17.5 Å². The van der Waals surface area contributed by atoms with Gasteiger partial charge < -0.3 is 4.90 Å². The van der Waals surface area contributed by atoms with Crippen LogP contribution >= 0.6 is 0 Å². The Balaban J connectivity index is 2.65. The second-order valence-corrected chi connectivity index (χ2v) is 5.66. The first-order valence-corrected chi connectivity index (χ1v) is 6.42. The largest absolute Gasteiger partial charge is 0.332 e. The molecule has 1 aromatic rings. The molecule has 1 heterocycles. The Morgan fingerprint density at radius 3 is 2.56 bits per heavy atom. The molecule has 1 aliphatic rings. The molecule has 98 valence electrons. The van der Waals surface area contributed by atoms with Gasteiger partial charge >= 0.3 is 0 Å². The molecule has 0 N–H and O–H groups in total. The number of hydrogen-bond donors (Lipinski definition) is 0. The van der Waals surface area contributed by atoms with Crippen LogP contribution in [0.3, 0.4) is 0 Å². The average molecular weight is 249 g/mol. The zero-order chi connectivity index (χ0) is 13.7. The lowest BCUT2D eigenvalue weighted by Crippen LogP contribution is -2.35. The van der Waals surface area contributed by atoms with Gasteiger partial charge in [-0.25, -0.2) is 4.39 Å². The monoisotopic (exact) mass is 249 g/mol. The molecule has 1 atom stereocenters. The van der Waals surface area contributed by atoms with E-state index in [1.165, 1.54) is 6.07 Å². The summed E-state index contributed by atoms with van der Waals surface area (Å²) in [5.74, 6) is -0.296. The van der Waals surface area contributed by atoms with E-state index in [4.69, 9.17) is 0 Å². The van der Waals surface area contributed by atoms with Crippen LogP contribution in [0, 0.1) is 5.82 Å². The second kappa shape index (κ2) is 4.08. The smallest absolute Gasteiger partial charge is 0.257 e. The summed E-state index contributed by atoms with van der Waals surface area (Å²) in [6.07, 6.45) is 0.961. The lowest BCUT2D eigenvalue weighted by molar-refractivity contribution is 0.0688. The summed E-state index contributed by atoms with van der Waals surface area (Å²) in [7, 11) is 1.73. The molecule has 2 nitrogen and oxygen atoms in total. The Hall–Kier alpha value is -1.38. The van der Waals surface area contributed by atoms with Crippen molar-refractivity contribution >= 4 is 5.91 Å². The van der Waals surface area contributed by atoms with Gasteiger partial charge in [-0.3, -0.25) is 4.79 Å². The number of benzene rings is 1. The highest BCUT2D eigenvalue weighted by Crippen LogP contribution is 2.40. The van der Waals surface area contributed by atoms with E-state index < -0.39 is 5.54 Å². The van der Waals surface area contributed by atoms with E-state index in [0.29, 0.717) is 5.92 Å². The molecular weight excluding hydrogens is 229 g/mol. The van der Waals surface area contributed by atoms with Gasteiger partial charge in [-0.2, -0.15) is 0 Å². The molecule has 0 saturated heterocycles. The maximum atomic E-state index is 14.2. The third-order valence-electron chi connectivity index (χ3n) is 4.31. The Morgan fingerprint density at radius 2 is 2.00 bits per heavy atom. The minimum absolute atomic E-state index is 0.219. The number of halogens is 1. The van der Waals surface area contributed by atoms with E-state index in [9.17, 15) is 9.18 Å². The van der Waals surface area contributed by atoms with Crippen molar-refractivity contribution in [1.82, 2.24) is 4.90 Å². The molecule has 0 saturated carbocycles. The van der Waals surface area contributed by atoms with E-state index in [-0.39, 0.29) is 17.3 Å². The van der Waals surface area contributed by atoms with Crippen molar-refractivity contribution in [2.45, 2.75) is 45.6 Å². The second-order valence-electron chi connectivity index (χ2n) is 5.66. The Morgan fingerprint density at radius 1 is 1.39 bits per heavy atom. The number of fused-ring (bicyclic) bond motifs is 1. The Bertz CT molecular complexity index is 507. The van der Waals surface area contributed by atoms with Gasteiger partial charge in [0.2, 0.25) is 0 Å². The molecule has 0 bridgehead atoms. The molecule has 1 unspecified atom stereocenters. The predicted molar refractivity (Wildman–Crippen MR) is 70.2 cm³/mol. The number of hydrogen-bond acceptors (Lipinski definition) is 1. The van der Waals surface area contributed by atoms with Gasteiger partial charge in [0.15, 0.2) is 0 Å². The van der Waals surface area contributed by atoms with Gasteiger partial charge in [0.05, 0.1) is 11.1 Å². The highest BCUT2D eigenvalue weighted by molar-refractivity contribution is 6.00. The van der Waals surface area contributed by atoms with E-state index in [2.05, 4.69) is 13.8 Å². The summed E-state index contributed by atoms with van der Waals surface area (Å²) >= 11 is 0. The van der Waals surface area contributed by atoms with Crippen LogP contribution in [-0.4, -0.2) is 17.9 Å². The molecule has 1 aromatic carbocycles. The first-order valence-electron chi connectivity index (χ1n) is 6.42. The van der Waals surface area contributed by atoms with Crippen molar-refractivity contribution < 1.29 is 9.18 Å².